The number of para-hydroxylation sites is 3. The topological polar surface area (TPSA) is 9.72 Å². The summed E-state index contributed by atoms with van der Waals surface area (Å²) in [5.74, 6) is 10.5. The van der Waals surface area contributed by atoms with Crippen LogP contribution in [0.4, 0.5) is 51.2 Å². The average Bonchev–Trinajstić information content (AvgIpc) is 1.51. The van der Waals surface area contributed by atoms with Crippen molar-refractivity contribution < 1.29 is 0 Å². The maximum absolute atomic E-state index is 2.57. The molecule has 16 aliphatic carbocycles. The van der Waals surface area contributed by atoms with Crippen molar-refractivity contribution in [1.29, 1.82) is 0 Å². The second kappa shape index (κ2) is 32.9. The summed E-state index contributed by atoms with van der Waals surface area (Å²) in [7, 11) is 0. The smallest absolute Gasteiger partial charge is 0.0540 e. The summed E-state index contributed by atoms with van der Waals surface area (Å²) in [6.07, 6.45) is 21.5. The first kappa shape index (κ1) is 85.8. The molecule has 12 saturated carbocycles. The van der Waals surface area contributed by atoms with Crippen LogP contribution in [0, 0.1) is 71.0 Å². The lowest BCUT2D eigenvalue weighted by atomic mass is 9.43. The third-order valence-corrected chi connectivity index (χ3v) is 36.5. The third-order valence-electron chi connectivity index (χ3n) is 36.5. The van der Waals surface area contributed by atoms with E-state index in [1.807, 2.05) is 0 Å². The summed E-state index contributed by atoms with van der Waals surface area (Å²) in [4.78, 5) is 7.41. The molecule has 0 N–H and O–H groups in total. The minimum absolute atomic E-state index is 0. The Balaban J connectivity index is 0.000000114. The summed E-state index contributed by atoms with van der Waals surface area (Å²) in [6, 6.07) is 144. The predicted octanol–water partition coefficient (Wildman–Crippen LogP) is 36.6. The quantitative estimate of drug-likeness (QED) is 0.126. The van der Waals surface area contributed by atoms with Crippen LogP contribution in [0.1, 0.15) is 184 Å². The van der Waals surface area contributed by atoms with E-state index in [0.29, 0.717) is 0 Å². The monoisotopic (exact) mass is 1770 g/mol. The molecule has 12 bridgehead atoms. The molecule has 136 heavy (non-hydrogen) atoms. The van der Waals surface area contributed by atoms with Crippen molar-refractivity contribution in [1.82, 2.24) is 0 Å². The summed E-state index contributed by atoms with van der Waals surface area (Å²) in [6.45, 7) is 4.79. The molecule has 3 heteroatoms. The van der Waals surface area contributed by atoms with Gasteiger partial charge < -0.3 is 14.7 Å². The highest BCUT2D eigenvalue weighted by Gasteiger charge is 2.65. The third kappa shape index (κ3) is 12.6. The normalized spacial score (nSPS) is 25.6. The number of hydrogen-bond acceptors (Lipinski definition) is 3. The Morgan fingerprint density at radius 1 is 0.184 bits per heavy atom. The minimum atomic E-state index is -0.0860. The zero-order valence-corrected chi connectivity index (χ0v) is 75.7. The van der Waals surface area contributed by atoms with Gasteiger partial charge in [-0.05, 0) is 404 Å². The van der Waals surface area contributed by atoms with Gasteiger partial charge in [-0.25, -0.2) is 0 Å². The molecule has 0 unspecified atom stereocenters. The number of anilines is 9. The maximum Gasteiger partial charge on any atom is 0.0540 e. The number of benzene rings is 17. The van der Waals surface area contributed by atoms with Crippen molar-refractivity contribution in [3.63, 3.8) is 0 Å². The summed E-state index contributed by atoms with van der Waals surface area (Å²) >= 11 is 0. The van der Waals surface area contributed by atoms with Gasteiger partial charge in [0.2, 0.25) is 0 Å². The fourth-order valence-electron chi connectivity index (χ4n) is 32.2. The minimum Gasteiger partial charge on any atom is -0.310 e. The van der Waals surface area contributed by atoms with E-state index in [2.05, 4.69) is 411 Å². The van der Waals surface area contributed by atoms with Crippen molar-refractivity contribution in [2.75, 3.05) is 14.7 Å². The Bertz CT molecular complexity index is 7370. The lowest BCUT2D eigenvalue weighted by Gasteiger charge is -2.61. The van der Waals surface area contributed by atoms with E-state index in [-0.39, 0.29) is 51.4 Å². The largest absolute Gasteiger partial charge is 0.310 e. The first-order chi connectivity index (χ1) is 65.1. The number of rotatable bonds is 10. The summed E-state index contributed by atoms with van der Waals surface area (Å²) < 4.78 is 0. The predicted molar refractivity (Wildman–Crippen MR) is 576 cm³/mol. The SMILES string of the molecule is C.C.C.C.CC1(C)c2ccccc2-c2ccc(N(c3ccc(-c4cc5ccccc5c5ccccc45)cc3)c3ccc4c(c3)-c3ccccc3C43C4CC5CC(C4)CC3C5)cc21.c1ccc(N(c2ccc3c(c2)-c2ccccc2C32C3CC4CC(C3)CC2C4)c2cccc3ccccc23)cc1.c1ccc(N(c2ccccc2)c2ccc3c(c2)-c2ccccc2C32C3CC4CC(C3)CC2C4)cc1. The van der Waals surface area contributed by atoms with Crippen molar-refractivity contribution in [2.24, 2.45) is 71.0 Å². The van der Waals surface area contributed by atoms with E-state index >= 15 is 0 Å². The zero-order chi connectivity index (χ0) is 86.9. The standard InChI is InChI=1S/C57H47N.C38H33N.C34H31N.4CH4/c1-56(2)52-17-9-7-15-47(52)49-25-23-43(34-55(49)56)58(41-21-19-37(20-22-41)50-32-38-11-3-4-12-44(38)45-13-5-6-14-46(45)50)42-24-26-54-51(33-42)48-16-8-10-18-53(48)57(54)39-28-35-27-36(30-39)31-40(57)29-35;1-2-11-30(12-3-1)39(37-16-8-10-27-9-4-5-13-32(27)37)31-17-18-36-34(24-31)33-14-6-7-15-35(33)38(36)28-20-25-19-26(22-28)23-29(38)21-25;1-3-9-27(10-4-1)35(28-11-5-2-6-12-28)29-15-16-33-31(22-29)30-13-7-8-14-32(30)34(33)25-18-23-17-24(20-25)21-26(34)19-23;;;;/h3-26,32-36,39-40H,27-31H2,1-2H3;1-18,24-26,28-29H,19-23H2;1-16,22-26H,17-21H2;4*1H4. The highest BCUT2D eigenvalue weighted by molar-refractivity contribution is 6.14. The van der Waals surface area contributed by atoms with Crippen LogP contribution in [-0.4, -0.2) is 0 Å². The molecule has 17 aromatic carbocycles. The van der Waals surface area contributed by atoms with E-state index in [4.69, 9.17) is 0 Å². The van der Waals surface area contributed by atoms with Gasteiger partial charge in [0, 0.05) is 72.5 Å². The number of hydrogen-bond donors (Lipinski definition) is 0. The molecule has 16 aliphatic rings. The molecular weight excluding hydrogens is 1640 g/mol. The molecule has 0 radical (unpaired) electrons. The fourth-order valence-corrected chi connectivity index (χ4v) is 32.2. The van der Waals surface area contributed by atoms with Crippen LogP contribution in [0.5, 0.6) is 0 Å². The lowest BCUT2D eigenvalue weighted by Crippen LogP contribution is -2.55. The molecular formula is C133H127N3. The molecule has 12 fully saturated rings. The average molecular weight is 1770 g/mol. The van der Waals surface area contributed by atoms with Crippen LogP contribution in [0.3, 0.4) is 0 Å². The molecule has 0 atom stereocenters. The number of fused-ring (bicyclic) bond motifs is 16. The van der Waals surface area contributed by atoms with Gasteiger partial charge >= 0.3 is 0 Å². The molecule has 0 aliphatic heterocycles. The van der Waals surface area contributed by atoms with Gasteiger partial charge in [-0.1, -0.05) is 317 Å². The first-order valence-corrected chi connectivity index (χ1v) is 50.1. The van der Waals surface area contributed by atoms with Crippen LogP contribution in [0.15, 0.2) is 382 Å². The van der Waals surface area contributed by atoms with E-state index in [1.165, 1.54) is 247 Å². The molecule has 0 heterocycles. The Hall–Kier alpha value is -13.1. The molecule has 0 amide bonds. The fraction of sp³-hybridized carbons (Fsp3) is 0.278. The van der Waals surface area contributed by atoms with E-state index in [1.54, 1.807) is 33.4 Å². The van der Waals surface area contributed by atoms with Crippen LogP contribution in [-0.2, 0) is 21.7 Å². The lowest BCUT2D eigenvalue weighted by molar-refractivity contribution is -0.0399. The van der Waals surface area contributed by atoms with Crippen molar-refractivity contribution in [3.05, 3.63) is 427 Å². The second-order valence-electron chi connectivity index (χ2n) is 43.0. The van der Waals surface area contributed by atoms with Crippen LogP contribution in [0.25, 0.3) is 88.0 Å². The Morgan fingerprint density at radius 2 is 0.478 bits per heavy atom. The molecule has 3 nitrogen and oxygen atoms in total. The molecule has 0 aromatic heterocycles. The van der Waals surface area contributed by atoms with E-state index < -0.39 is 0 Å². The van der Waals surface area contributed by atoms with Crippen molar-refractivity contribution >= 4 is 83.5 Å². The van der Waals surface area contributed by atoms with Gasteiger partial charge in [-0.3, -0.25) is 0 Å². The van der Waals surface area contributed by atoms with Gasteiger partial charge in [0.15, 0.2) is 0 Å². The van der Waals surface area contributed by atoms with Gasteiger partial charge in [0.1, 0.15) is 0 Å². The zero-order valence-electron chi connectivity index (χ0n) is 75.7. The summed E-state index contributed by atoms with van der Waals surface area (Å²) in [5.41, 5.74) is 38.1. The van der Waals surface area contributed by atoms with Crippen LogP contribution in [0.2, 0.25) is 0 Å². The highest BCUT2D eigenvalue weighted by Crippen LogP contribution is 2.74. The number of nitrogens with zero attached hydrogens (tertiary/aromatic N) is 3. The van der Waals surface area contributed by atoms with Crippen molar-refractivity contribution in [3.8, 4) is 55.6 Å². The second-order valence-corrected chi connectivity index (χ2v) is 43.0. The van der Waals surface area contributed by atoms with Gasteiger partial charge in [-0.15, -0.1) is 0 Å². The van der Waals surface area contributed by atoms with Crippen LogP contribution >= 0.6 is 0 Å². The highest BCUT2D eigenvalue weighted by atomic mass is 15.2. The maximum atomic E-state index is 2.57. The van der Waals surface area contributed by atoms with Gasteiger partial charge in [0.05, 0.1) is 5.69 Å². The Morgan fingerprint density at radius 3 is 0.919 bits per heavy atom. The first-order valence-electron chi connectivity index (χ1n) is 50.1. The Kier molecular flexibility index (Phi) is 20.7. The van der Waals surface area contributed by atoms with Crippen LogP contribution < -0.4 is 14.7 Å². The summed E-state index contributed by atoms with van der Waals surface area (Å²) in [5, 5.41) is 7.73. The van der Waals surface area contributed by atoms with Gasteiger partial charge in [0.25, 0.3) is 0 Å². The molecule has 33 rings (SSSR count). The molecule has 3 spiro atoms. The van der Waals surface area contributed by atoms with Crippen molar-refractivity contribution in [2.45, 2.75) is 162 Å². The molecule has 17 aromatic rings. The van der Waals surface area contributed by atoms with E-state index in [9.17, 15) is 0 Å². The Labute approximate surface area is 807 Å². The molecule has 674 valence electrons. The molecule has 0 saturated heterocycles. The van der Waals surface area contributed by atoms with Gasteiger partial charge in [-0.2, -0.15) is 0 Å². The van der Waals surface area contributed by atoms with E-state index in [0.717, 1.165) is 71.0 Å².